The summed E-state index contributed by atoms with van der Waals surface area (Å²) in [5, 5.41) is 9.48. The first-order chi connectivity index (χ1) is 17.0. The van der Waals surface area contributed by atoms with Gasteiger partial charge in [0.15, 0.2) is 0 Å². The molecule has 1 saturated heterocycles. The van der Waals surface area contributed by atoms with E-state index >= 15 is 0 Å². The Kier molecular flexibility index (Phi) is 7.88. The number of hydrogen-bond donors (Lipinski definition) is 2. The molecule has 5 rings (SSSR count). The number of alkyl halides is 3. The second kappa shape index (κ2) is 10.6. The van der Waals surface area contributed by atoms with Crippen molar-refractivity contribution in [2.24, 2.45) is 23.7 Å². The fourth-order valence-electron chi connectivity index (χ4n) is 6.76. The maximum absolute atomic E-state index is 13.3. The fourth-order valence-corrected chi connectivity index (χ4v) is 6.76. The second-order valence-electron chi connectivity index (χ2n) is 11.1. The van der Waals surface area contributed by atoms with Crippen molar-refractivity contribution in [2.45, 2.75) is 77.6 Å². The van der Waals surface area contributed by atoms with Crippen LogP contribution in [-0.4, -0.2) is 52.5 Å². The molecule has 1 amide bonds. The Bertz CT molecular complexity index is 983. The summed E-state index contributed by atoms with van der Waals surface area (Å²) < 4.78 is 39.6. The van der Waals surface area contributed by atoms with E-state index in [2.05, 4.69) is 18.7 Å². The number of carbonyl (C=O) groups excluding carboxylic acids is 1. The molecule has 1 aromatic carbocycles. The summed E-state index contributed by atoms with van der Waals surface area (Å²) in [6, 6.07) is 2.39. The van der Waals surface area contributed by atoms with Crippen LogP contribution in [0.2, 0.25) is 0 Å². The monoisotopic (exact) mass is 509 g/mol. The van der Waals surface area contributed by atoms with Crippen LogP contribution in [-0.2, 0) is 28.7 Å². The minimum Gasteiger partial charge on any atom is -0.481 e. The van der Waals surface area contributed by atoms with Gasteiger partial charge in [0.2, 0.25) is 5.91 Å². The van der Waals surface area contributed by atoms with E-state index in [9.17, 15) is 27.9 Å². The molecule has 1 aromatic rings. The van der Waals surface area contributed by atoms with E-state index in [-0.39, 0.29) is 41.9 Å². The smallest absolute Gasteiger partial charge is 0.416 e. The number of hydrogen-bond acceptors (Lipinski definition) is 4. The summed E-state index contributed by atoms with van der Waals surface area (Å²) in [4.78, 5) is 28.9. The minimum atomic E-state index is -4.47. The number of carbonyl (C=O) groups is 2. The van der Waals surface area contributed by atoms with Crippen molar-refractivity contribution in [3.63, 3.8) is 0 Å². The lowest BCUT2D eigenvalue weighted by Gasteiger charge is -2.37. The first kappa shape index (κ1) is 26.8. The first-order valence-electron chi connectivity index (χ1n) is 13.3. The molecule has 0 spiro atoms. The molecule has 2 saturated carbocycles. The number of rotatable bonds is 3. The number of halogens is 3. The van der Waals surface area contributed by atoms with Gasteiger partial charge in [-0.1, -0.05) is 20.3 Å². The minimum absolute atomic E-state index is 0.0162. The van der Waals surface area contributed by atoms with Gasteiger partial charge < -0.3 is 15.7 Å². The molecule has 5 unspecified atom stereocenters. The number of fused-ring (bicyclic) bond motifs is 3. The summed E-state index contributed by atoms with van der Waals surface area (Å²) in [6.07, 6.45) is 1.40. The summed E-state index contributed by atoms with van der Waals surface area (Å²) in [5.41, 5.74) is 6.47. The number of nitrogens with two attached hydrogens (primary N) is 1. The molecule has 0 radical (unpaired) electrons. The Labute approximate surface area is 211 Å². The SMILES string of the molecule is CCC.Nc1cc(C(F)(F)F)cc2c1CCN(C(=O)C1CCC(N3CC4CC(C3)C(C(=O)O)C4)C1)C2. The molecule has 0 aromatic heterocycles. The molecule has 6 nitrogen and oxygen atoms in total. The quantitative estimate of drug-likeness (QED) is 0.572. The van der Waals surface area contributed by atoms with Gasteiger partial charge in [0.05, 0.1) is 11.5 Å². The highest BCUT2D eigenvalue weighted by Crippen LogP contribution is 2.44. The maximum Gasteiger partial charge on any atom is 0.416 e. The highest BCUT2D eigenvalue weighted by Gasteiger charge is 2.46. The largest absolute Gasteiger partial charge is 0.481 e. The fraction of sp³-hybridized carbons (Fsp3) is 0.704. The normalized spacial score (nSPS) is 29.9. The Hall–Kier alpha value is -2.29. The summed E-state index contributed by atoms with van der Waals surface area (Å²) >= 11 is 0. The number of nitrogen functional groups attached to an aromatic ring is 1. The van der Waals surface area contributed by atoms with Gasteiger partial charge in [-0.05, 0) is 73.6 Å². The van der Waals surface area contributed by atoms with Gasteiger partial charge in [-0.3, -0.25) is 14.5 Å². The number of aliphatic carboxylic acids is 1. The number of amides is 1. The van der Waals surface area contributed by atoms with Gasteiger partial charge >= 0.3 is 12.1 Å². The molecule has 2 heterocycles. The van der Waals surface area contributed by atoms with E-state index in [0.717, 1.165) is 57.3 Å². The summed E-state index contributed by atoms with van der Waals surface area (Å²) in [5.74, 6) is -0.434. The third-order valence-electron chi connectivity index (χ3n) is 8.35. The zero-order chi connectivity index (χ0) is 26.2. The number of anilines is 1. The third-order valence-corrected chi connectivity index (χ3v) is 8.35. The van der Waals surface area contributed by atoms with Gasteiger partial charge in [-0.25, -0.2) is 0 Å². The highest BCUT2D eigenvalue weighted by molar-refractivity contribution is 5.80. The van der Waals surface area contributed by atoms with E-state index in [1.165, 1.54) is 6.42 Å². The Morgan fingerprint density at radius 1 is 1.11 bits per heavy atom. The lowest BCUT2D eigenvalue weighted by atomic mass is 9.93. The number of piperidine rings is 1. The van der Waals surface area contributed by atoms with Crippen LogP contribution in [0.25, 0.3) is 0 Å². The van der Waals surface area contributed by atoms with Crippen molar-refractivity contribution in [1.82, 2.24) is 9.80 Å². The average molecular weight is 510 g/mol. The standard InChI is InChI=1S/C24H30F3N3O3.C3H8/c25-24(26,27)17-7-16-11-29(4-3-19(16)21(28)9-17)22(31)14-1-2-18(8-14)30-10-13-5-15(12-30)20(6-13)23(32)33;1-3-2/h7,9,13-15,18,20H,1-6,8,10-12,28H2,(H,32,33);3H2,1-2H3. The zero-order valence-electron chi connectivity index (χ0n) is 21.2. The van der Waals surface area contributed by atoms with Crippen molar-refractivity contribution in [1.29, 1.82) is 0 Å². The molecule has 2 aliphatic heterocycles. The first-order valence-corrected chi connectivity index (χ1v) is 13.3. The summed E-state index contributed by atoms with van der Waals surface area (Å²) in [7, 11) is 0. The van der Waals surface area contributed by atoms with Crippen LogP contribution >= 0.6 is 0 Å². The van der Waals surface area contributed by atoms with E-state index in [1.807, 2.05) is 0 Å². The van der Waals surface area contributed by atoms with Gasteiger partial charge in [-0.15, -0.1) is 0 Å². The van der Waals surface area contributed by atoms with E-state index in [0.29, 0.717) is 30.0 Å². The van der Waals surface area contributed by atoms with E-state index < -0.39 is 17.7 Å². The lowest BCUT2D eigenvalue weighted by Crippen LogP contribution is -2.44. The van der Waals surface area contributed by atoms with E-state index in [4.69, 9.17) is 5.73 Å². The van der Waals surface area contributed by atoms with Gasteiger partial charge in [0.1, 0.15) is 0 Å². The Morgan fingerprint density at radius 3 is 2.50 bits per heavy atom. The number of benzene rings is 1. The molecule has 36 heavy (non-hydrogen) atoms. The van der Waals surface area contributed by atoms with Gasteiger partial charge in [0, 0.05) is 43.8 Å². The molecule has 9 heteroatoms. The molecular formula is C27H38F3N3O3. The molecule has 5 atom stereocenters. The van der Waals surface area contributed by atoms with Gasteiger partial charge in [0.25, 0.3) is 0 Å². The average Bonchev–Trinajstić information content (AvgIpc) is 3.42. The second-order valence-corrected chi connectivity index (χ2v) is 11.1. The summed E-state index contributed by atoms with van der Waals surface area (Å²) in [6.45, 7) is 6.58. The zero-order valence-corrected chi connectivity index (χ0v) is 21.2. The van der Waals surface area contributed by atoms with Crippen molar-refractivity contribution >= 4 is 17.6 Å². The number of likely N-dealkylation sites (tertiary alicyclic amines) is 1. The molecule has 2 aliphatic carbocycles. The van der Waals surface area contributed by atoms with Crippen molar-refractivity contribution < 1.29 is 27.9 Å². The number of carboxylic acid groups (broad SMARTS) is 1. The Balaban J connectivity index is 0.000000967. The van der Waals surface area contributed by atoms with Gasteiger partial charge in [-0.2, -0.15) is 13.2 Å². The highest BCUT2D eigenvalue weighted by atomic mass is 19.4. The predicted octanol–water partition coefficient (Wildman–Crippen LogP) is 4.80. The van der Waals surface area contributed by atoms with Crippen molar-refractivity contribution in [2.75, 3.05) is 25.4 Å². The van der Waals surface area contributed by atoms with Crippen molar-refractivity contribution in [3.8, 4) is 0 Å². The Morgan fingerprint density at radius 2 is 1.83 bits per heavy atom. The number of carboxylic acids is 1. The van der Waals surface area contributed by atoms with Crippen LogP contribution in [0.1, 0.15) is 69.1 Å². The van der Waals surface area contributed by atoms with Crippen LogP contribution in [0.3, 0.4) is 0 Å². The maximum atomic E-state index is 13.3. The van der Waals surface area contributed by atoms with E-state index in [1.54, 1.807) is 4.90 Å². The molecule has 4 aliphatic rings. The molecule has 3 N–H and O–H groups in total. The molecule has 3 fully saturated rings. The lowest BCUT2D eigenvalue weighted by molar-refractivity contribution is -0.143. The van der Waals surface area contributed by atoms with Crippen LogP contribution in [0.4, 0.5) is 18.9 Å². The van der Waals surface area contributed by atoms with Crippen LogP contribution in [0, 0.1) is 23.7 Å². The van der Waals surface area contributed by atoms with Crippen LogP contribution in [0.5, 0.6) is 0 Å². The molecular weight excluding hydrogens is 471 g/mol. The van der Waals surface area contributed by atoms with Crippen LogP contribution in [0.15, 0.2) is 12.1 Å². The van der Waals surface area contributed by atoms with Crippen LogP contribution < -0.4 is 5.73 Å². The molecule has 2 bridgehead atoms. The third kappa shape index (κ3) is 5.50. The van der Waals surface area contributed by atoms with Crippen molar-refractivity contribution in [3.05, 3.63) is 28.8 Å². The predicted molar refractivity (Wildman–Crippen MR) is 131 cm³/mol. The topological polar surface area (TPSA) is 86.9 Å². The number of nitrogens with zero attached hydrogens (tertiary/aromatic N) is 2. The molecule has 200 valence electrons.